The monoisotopic (exact) mass is 374 g/mol. The molecule has 0 aliphatic carbocycles. The first kappa shape index (κ1) is 18.6. The predicted molar refractivity (Wildman–Crippen MR) is 121 cm³/mol. The van der Waals surface area contributed by atoms with E-state index < -0.39 is 0 Å². The van der Waals surface area contributed by atoms with Gasteiger partial charge in [0.1, 0.15) is 0 Å². The van der Waals surface area contributed by atoms with E-state index in [4.69, 9.17) is 0 Å². The summed E-state index contributed by atoms with van der Waals surface area (Å²) in [6, 6.07) is 34.0. The number of hydrogen-bond acceptors (Lipinski definition) is 1. The molecule has 0 spiro atoms. The van der Waals surface area contributed by atoms with Gasteiger partial charge in [-0.15, -0.1) is 6.58 Å². The lowest BCUT2D eigenvalue weighted by Gasteiger charge is -2.19. The van der Waals surface area contributed by atoms with Gasteiger partial charge in [-0.25, -0.2) is 0 Å². The maximum Gasteiger partial charge on any atom is 0.193 e. The van der Waals surface area contributed by atoms with Crippen LogP contribution in [0.4, 0.5) is 0 Å². The molecule has 0 radical (unpaired) electrons. The summed E-state index contributed by atoms with van der Waals surface area (Å²) in [6.45, 7) is 3.93. The van der Waals surface area contributed by atoms with Crippen molar-refractivity contribution in [3.8, 4) is 22.3 Å². The van der Waals surface area contributed by atoms with Crippen LogP contribution in [0.2, 0.25) is 0 Å². The van der Waals surface area contributed by atoms with E-state index in [1.165, 1.54) is 0 Å². The van der Waals surface area contributed by atoms with Crippen molar-refractivity contribution in [3.05, 3.63) is 132 Å². The number of rotatable bonds is 6. The molecule has 4 rings (SSSR count). The third kappa shape index (κ3) is 3.81. The summed E-state index contributed by atoms with van der Waals surface area (Å²) < 4.78 is 0. The van der Waals surface area contributed by atoms with E-state index in [0.29, 0.717) is 11.1 Å². The highest BCUT2D eigenvalue weighted by atomic mass is 16.1. The van der Waals surface area contributed by atoms with E-state index >= 15 is 0 Å². The van der Waals surface area contributed by atoms with Crippen LogP contribution < -0.4 is 0 Å². The van der Waals surface area contributed by atoms with Crippen molar-refractivity contribution in [3.63, 3.8) is 0 Å². The molecule has 1 heteroatoms. The zero-order chi connectivity index (χ0) is 20.1. The average Bonchev–Trinajstić information content (AvgIpc) is 2.80. The molecule has 0 heterocycles. The quantitative estimate of drug-likeness (QED) is 0.263. The Morgan fingerprint density at radius 1 is 0.655 bits per heavy atom. The summed E-state index contributed by atoms with van der Waals surface area (Å²) in [5.41, 5.74) is 6.79. The lowest BCUT2D eigenvalue weighted by Crippen LogP contribution is -2.06. The minimum atomic E-state index is 0.0341. The second-order valence-electron chi connectivity index (χ2n) is 6.94. The first-order chi connectivity index (χ1) is 14.3. The summed E-state index contributed by atoms with van der Waals surface area (Å²) in [7, 11) is 0. The van der Waals surface area contributed by atoms with Crippen molar-refractivity contribution in [2.75, 3.05) is 0 Å². The van der Waals surface area contributed by atoms with Gasteiger partial charge in [-0.2, -0.15) is 0 Å². The molecule has 140 valence electrons. The van der Waals surface area contributed by atoms with E-state index in [9.17, 15) is 4.79 Å². The molecule has 0 fully saturated rings. The second-order valence-corrected chi connectivity index (χ2v) is 6.94. The molecule has 0 aromatic heterocycles. The van der Waals surface area contributed by atoms with Gasteiger partial charge >= 0.3 is 0 Å². The van der Waals surface area contributed by atoms with Crippen molar-refractivity contribution < 1.29 is 4.79 Å². The highest BCUT2D eigenvalue weighted by Crippen LogP contribution is 2.39. The second kappa shape index (κ2) is 8.53. The van der Waals surface area contributed by atoms with Crippen molar-refractivity contribution in [1.29, 1.82) is 0 Å². The normalized spacial score (nSPS) is 10.5. The van der Waals surface area contributed by atoms with Gasteiger partial charge in [0.2, 0.25) is 0 Å². The lowest BCUT2D eigenvalue weighted by molar-refractivity contribution is 0.103. The molecular formula is C28H22O. The predicted octanol–water partition coefficient (Wildman–Crippen LogP) is 6.98. The Morgan fingerprint density at radius 2 is 1.17 bits per heavy atom. The van der Waals surface area contributed by atoms with E-state index in [-0.39, 0.29) is 5.78 Å². The Labute approximate surface area is 172 Å². The lowest BCUT2D eigenvalue weighted by atomic mass is 9.84. The number of carbonyl (C=O) groups is 1. The van der Waals surface area contributed by atoms with Gasteiger partial charge in [0.05, 0.1) is 0 Å². The van der Waals surface area contributed by atoms with E-state index in [0.717, 1.165) is 34.2 Å². The van der Waals surface area contributed by atoms with Crippen molar-refractivity contribution in [2.45, 2.75) is 6.42 Å². The van der Waals surface area contributed by atoms with Crippen molar-refractivity contribution >= 4 is 5.78 Å². The van der Waals surface area contributed by atoms with Crippen LogP contribution in [-0.4, -0.2) is 5.78 Å². The van der Waals surface area contributed by atoms with Crippen LogP contribution in [0.15, 0.2) is 116 Å². The fraction of sp³-hybridized carbons (Fsp3) is 0.0357. The maximum atomic E-state index is 13.5. The van der Waals surface area contributed by atoms with Gasteiger partial charge < -0.3 is 0 Å². The summed E-state index contributed by atoms with van der Waals surface area (Å²) in [5, 5.41) is 0. The molecule has 0 saturated carbocycles. The fourth-order valence-electron chi connectivity index (χ4n) is 3.74. The Hall–Kier alpha value is -3.71. The molecular weight excluding hydrogens is 352 g/mol. The van der Waals surface area contributed by atoms with E-state index in [1.54, 1.807) is 0 Å². The smallest absolute Gasteiger partial charge is 0.193 e. The largest absolute Gasteiger partial charge is 0.289 e. The Balaban J connectivity index is 2.04. The number of ketones is 1. The highest BCUT2D eigenvalue weighted by molar-refractivity contribution is 6.15. The Kier molecular flexibility index (Phi) is 5.49. The first-order valence-electron chi connectivity index (χ1n) is 9.77. The molecule has 0 N–H and O–H groups in total. The standard InChI is InChI=1S/C28H22O/c1-2-12-21-19-20-25(28(29)24-17-10-5-11-18-24)27(23-15-8-4-9-16-23)26(21)22-13-6-3-7-14-22/h2-11,13-20H,1,12H2. The molecule has 29 heavy (non-hydrogen) atoms. The van der Waals surface area contributed by atoms with Gasteiger partial charge in [0.25, 0.3) is 0 Å². The third-order valence-corrected chi connectivity index (χ3v) is 5.06. The van der Waals surface area contributed by atoms with Gasteiger partial charge in [-0.1, -0.05) is 109 Å². The summed E-state index contributed by atoms with van der Waals surface area (Å²) in [6.07, 6.45) is 2.65. The molecule has 0 amide bonds. The number of benzene rings is 4. The maximum absolute atomic E-state index is 13.5. The van der Waals surface area contributed by atoms with Crippen LogP contribution in [0.3, 0.4) is 0 Å². The molecule has 0 saturated heterocycles. The van der Waals surface area contributed by atoms with Crippen LogP contribution in [-0.2, 0) is 6.42 Å². The Bertz CT molecular complexity index is 1130. The summed E-state index contributed by atoms with van der Waals surface area (Å²) in [4.78, 5) is 13.5. The van der Waals surface area contributed by atoms with Crippen LogP contribution in [0.25, 0.3) is 22.3 Å². The van der Waals surface area contributed by atoms with Crippen LogP contribution in [0.1, 0.15) is 21.5 Å². The van der Waals surface area contributed by atoms with Crippen molar-refractivity contribution in [1.82, 2.24) is 0 Å². The van der Waals surface area contributed by atoms with Crippen molar-refractivity contribution in [2.24, 2.45) is 0 Å². The van der Waals surface area contributed by atoms with Gasteiger partial charge in [-0.05, 0) is 28.7 Å². The summed E-state index contributed by atoms with van der Waals surface area (Å²) in [5.74, 6) is 0.0341. The van der Waals surface area contributed by atoms with Gasteiger partial charge in [0.15, 0.2) is 5.78 Å². The third-order valence-electron chi connectivity index (χ3n) is 5.06. The molecule has 0 aliphatic rings. The van der Waals surface area contributed by atoms with Gasteiger partial charge in [-0.3, -0.25) is 4.79 Å². The minimum absolute atomic E-state index is 0.0341. The molecule has 1 nitrogen and oxygen atoms in total. The van der Waals surface area contributed by atoms with E-state index in [1.807, 2.05) is 78.9 Å². The summed E-state index contributed by atoms with van der Waals surface area (Å²) >= 11 is 0. The number of carbonyl (C=O) groups excluding carboxylic acids is 1. The van der Waals surface area contributed by atoms with Crippen LogP contribution >= 0.6 is 0 Å². The van der Waals surface area contributed by atoms with Crippen LogP contribution in [0.5, 0.6) is 0 Å². The SMILES string of the molecule is C=CCc1ccc(C(=O)c2ccccc2)c(-c2ccccc2)c1-c1ccccc1. The van der Waals surface area contributed by atoms with E-state index in [2.05, 4.69) is 36.9 Å². The molecule has 4 aromatic carbocycles. The Morgan fingerprint density at radius 3 is 1.72 bits per heavy atom. The van der Waals surface area contributed by atoms with Crippen LogP contribution in [0, 0.1) is 0 Å². The fourth-order valence-corrected chi connectivity index (χ4v) is 3.74. The van der Waals surface area contributed by atoms with Gasteiger partial charge in [0, 0.05) is 16.7 Å². The topological polar surface area (TPSA) is 17.1 Å². The zero-order valence-electron chi connectivity index (χ0n) is 16.2. The molecule has 4 aromatic rings. The molecule has 0 unspecified atom stereocenters. The highest BCUT2D eigenvalue weighted by Gasteiger charge is 2.21. The molecule has 0 atom stereocenters. The zero-order valence-corrected chi connectivity index (χ0v) is 16.2. The minimum Gasteiger partial charge on any atom is -0.289 e. The molecule has 0 aliphatic heterocycles. The first-order valence-corrected chi connectivity index (χ1v) is 9.77. The molecule has 0 bridgehead atoms. The number of hydrogen-bond donors (Lipinski definition) is 0. The number of allylic oxidation sites excluding steroid dienone is 1. The average molecular weight is 374 g/mol.